The zero-order valence-electron chi connectivity index (χ0n) is 19.6. The van der Waals surface area contributed by atoms with Crippen LogP contribution in [0.25, 0.3) is 0 Å². The molecule has 14 heteroatoms. The van der Waals surface area contributed by atoms with Crippen LogP contribution in [0.2, 0.25) is 0 Å². The quantitative estimate of drug-likeness (QED) is 0.261. The van der Waals surface area contributed by atoms with E-state index in [-0.39, 0.29) is 17.9 Å². The van der Waals surface area contributed by atoms with E-state index in [1.54, 1.807) is 48.5 Å². The third-order valence-electron chi connectivity index (χ3n) is 5.57. The predicted molar refractivity (Wildman–Crippen MR) is 137 cm³/mol. The average Bonchev–Trinajstić information content (AvgIpc) is 3.18. The highest BCUT2D eigenvalue weighted by molar-refractivity contribution is 8.01. The zero-order chi connectivity index (χ0) is 27.3. The molecule has 1 aliphatic heterocycles. The van der Waals surface area contributed by atoms with Crippen LogP contribution in [0.15, 0.2) is 77.7 Å². The topological polar surface area (TPSA) is 157 Å². The minimum atomic E-state index is -4.87. The lowest BCUT2D eigenvalue weighted by atomic mass is 10.1. The number of phosphoric acid groups is 1. The van der Waals surface area contributed by atoms with E-state index in [0.29, 0.717) is 5.56 Å². The Bertz CT molecular complexity index is 1390. The molecular weight excluding hydrogens is 540 g/mol. The summed E-state index contributed by atoms with van der Waals surface area (Å²) in [4.78, 5) is 59.4. The van der Waals surface area contributed by atoms with Crippen molar-refractivity contribution in [3.05, 3.63) is 94.5 Å². The van der Waals surface area contributed by atoms with E-state index >= 15 is 4.39 Å². The highest BCUT2D eigenvalue weighted by atomic mass is 32.2. The Kier molecular flexibility index (Phi) is 8.75. The molecule has 4 atom stereocenters. The molecule has 2 heterocycles. The van der Waals surface area contributed by atoms with Crippen LogP contribution in [0, 0.1) is 0 Å². The van der Waals surface area contributed by atoms with Gasteiger partial charge in [0.2, 0.25) is 0 Å². The number of nitrogens with zero attached hydrogens (tertiary/aromatic N) is 2. The summed E-state index contributed by atoms with van der Waals surface area (Å²) in [6, 6.07) is 17.6. The Morgan fingerprint density at radius 1 is 1.03 bits per heavy atom. The van der Waals surface area contributed by atoms with E-state index in [9.17, 15) is 18.9 Å². The summed E-state index contributed by atoms with van der Waals surface area (Å²) in [5, 5.41) is 0.633. The van der Waals surface area contributed by atoms with Crippen molar-refractivity contribution in [2.24, 2.45) is 0 Å². The number of hydrogen-bond acceptors (Lipinski definition) is 8. The first-order chi connectivity index (χ1) is 18.1. The minimum absolute atomic E-state index is 0.0126. The Morgan fingerprint density at radius 3 is 2.26 bits per heavy atom. The molecule has 0 spiro atoms. The highest BCUT2D eigenvalue weighted by Gasteiger charge is 2.48. The molecule has 11 nitrogen and oxygen atoms in total. The van der Waals surface area contributed by atoms with Crippen molar-refractivity contribution >= 4 is 37.3 Å². The lowest BCUT2D eigenvalue weighted by Gasteiger charge is -2.21. The fourth-order valence-electron chi connectivity index (χ4n) is 3.76. The second-order valence-corrected chi connectivity index (χ2v) is 11.0. The summed E-state index contributed by atoms with van der Waals surface area (Å²) in [5.41, 5.74) is -0.200. The van der Waals surface area contributed by atoms with Crippen LogP contribution in [0.1, 0.15) is 20.7 Å². The molecule has 0 bridgehead atoms. The van der Waals surface area contributed by atoms with Crippen molar-refractivity contribution in [2.45, 2.75) is 29.3 Å². The van der Waals surface area contributed by atoms with Crippen LogP contribution in [0.3, 0.4) is 0 Å². The van der Waals surface area contributed by atoms with Gasteiger partial charge < -0.3 is 19.8 Å². The third kappa shape index (κ3) is 7.15. The molecule has 38 heavy (non-hydrogen) atoms. The number of halogens is 1. The largest absolute Gasteiger partial charge is 0.469 e. The van der Waals surface area contributed by atoms with Gasteiger partial charge in [-0.25, -0.2) is 18.5 Å². The lowest BCUT2D eigenvalue weighted by Crippen LogP contribution is -2.38. The van der Waals surface area contributed by atoms with Gasteiger partial charge in [-0.3, -0.25) is 13.9 Å². The van der Waals surface area contributed by atoms with Gasteiger partial charge in [-0.2, -0.15) is 4.98 Å². The van der Waals surface area contributed by atoms with Crippen molar-refractivity contribution in [1.82, 2.24) is 9.55 Å². The molecule has 2 aromatic carbocycles. The number of ether oxygens (including phenoxy) is 1. The molecular formula is C24H23FN3O8PS. The van der Waals surface area contributed by atoms with E-state index in [0.717, 1.165) is 16.3 Å². The highest BCUT2D eigenvalue weighted by Crippen LogP contribution is 2.43. The van der Waals surface area contributed by atoms with Gasteiger partial charge >= 0.3 is 19.5 Å². The number of benzene rings is 2. The van der Waals surface area contributed by atoms with E-state index in [1.807, 2.05) is 0 Å². The van der Waals surface area contributed by atoms with Crippen LogP contribution in [-0.2, 0) is 20.4 Å². The van der Waals surface area contributed by atoms with Gasteiger partial charge in [-0.05, 0) is 30.3 Å². The molecule has 0 aliphatic carbocycles. The van der Waals surface area contributed by atoms with Gasteiger partial charge in [0, 0.05) is 18.3 Å². The molecule has 1 amide bonds. The van der Waals surface area contributed by atoms with Crippen LogP contribution in [0.5, 0.6) is 0 Å². The van der Waals surface area contributed by atoms with Crippen LogP contribution >= 0.6 is 19.6 Å². The van der Waals surface area contributed by atoms with Crippen molar-refractivity contribution in [3.63, 3.8) is 0 Å². The Morgan fingerprint density at radius 2 is 1.66 bits per heavy atom. The molecule has 0 unspecified atom stereocenters. The molecule has 3 N–H and O–H groups in total. The molecule has 200 valence electrons. The van der Waals surface area contributed by atoms with Gasteiger partial charge in [0.15, 0.2) is 6.17 Å². The van der Waals surface area contributed by atoms with Crippen molar-refractivity contribution in [3.8, 4) is 0 Å². The van der Waals surface area contributed by atoms with Crippen LogP contribution < -0.4 is 11.0 Å². The van der Waals surface area contributed by atoms with Gasteiger partial charge in [-0.15, -0.1) is 11.8 Å². The number of alkyl halides is 1. The fourth-order valence-corrected chi connectivity index (χ4v) is 5.72. The molecule has 1 fully saturated rings. The smallest absolute Gasteiger partial charge is 0.454 e. The monoisotopic (exact) mass is 563 g/mol. The molecule has 3 aromatic rings. The van der Waals surface area contributed by atoms with Crippen molar-refractivity contribution in [2.75, 3.05) is 11.9 Å². The maximum Gasteiger partial charge on any atom is 0.469 e. The number of carbonyl (C=O) groups is 2. The Hall–Kier alpha value is -3.35. The molecule has 0 radical (unpaired) electrons. The number of amides is 1. The van der Waals surface area contributed by atoms with Gasteiger partial charge in [-0.1, -0.05) is 36.4 Å². The number of esters is 1. The van der Waals surface area contributed by atoms with E-state index in [1.165, 1.54) is 24.4 Å². The van der Waals surface area contributed by atoms with Crippen LogP contribution in [0.4, 0.5) is 10.2 Å². The first-order valence-corrected chi connectivity index (χ1v) is 13.8. The number of anilines is 1. The molecule has 1 aromatic heterocycles. The Balaban J connectivity index is 1.47. The summed E-state index contributed by atoms with van der Waals surface area (Å²) in [6.45, 7) is -0.771. The summed E-state index contributed by atoms with van der Waals surface area (Å²) in [7, 11) is -4.87. The number of rotatable bonds is 9. The van der Waals surface area contributed by atoms with Gasteiger partial charge in [0.05, 0.1) is 22.7 Å². The SMILES string of the molecule is O=C(Nc1ccn(C[C@@H]2S[C@H](COP(=O)(O)O)[C@@H](OC(=O)c3ccccc3)[C@@H]2F)c(=O)n1)c1ccccc1. The lowest BCUT2D eigenvalue weighted by molar-refractivity contribution is 0.00456. The second kappa shape index (κ2) is 12.0. The molecule has 1 saturated heterocycles. The first kappa shape index (κ1) is 27.7. The zero-order valence-corrected chi connectivity index (χ0v) is 21.3. The summed E-state index contributed by atoms with van der Waals surface area (Å²) >= 11 is 0.943. The van der Waals surface area contributed by atoms with Crippen LogP contribution in [-0.4, -0.2) is 60.6 Å². The molecule has 0 saturated carbocycles. The molecule has 4 rings (SSSR count). The number of thioether (sulfide) groups is 1. The van der Waals surface area contributed by atoms with Crippen molar-refractivity contribution in [1.29, 1.82) is 0 Å². The number of hydrogen-bond donors (Lipinski definition) is 3. The standard InChI is InChI=1S/C24H23FN3O8PS/c25-20-17(13-28-12-11-19(27-24(28)31)26-22(29)15-7-3-1-4-8-15)38-18(14-35-37(32,33)34)21(20)36-23(30)16-9-5-2-6-10-16/h1-12,17-18,20-21H,13-14H2,(H2,32,33,34)(H,26,27,29,31)/t17-,18+,20+,21+/m0/s1. The fraction of sp³-hybridized carbons (Fsp3) is 0.250. The van der Waals surface area contributed by atoms with E-state index < -0.39 is 54.8 Å². The number of aromatic nitrogens is 2. The predicted octanol–water partition coefficient (Wildman–Crippen LogP) is 2.65. The Labute approximate surface area is 220 Å². The third-order valence-corrected chi connectivity index (χ3v) is 7.57. The maximum absolute atomic E-state index is 15.5. The number of phosphoric ester groups is 1. The summed E-state index contributed by atoms with van der Waals surface area (Å²) in [6.07, 6.45) is -1.84. The molecule has 1 aliphatic rings. The average molecular weight is 564 g/mol. The van der Waals surface area contributed by atoms with E-state index in [2.05, 4.69) is 14.8 Å². The number of carbonyl (C=O) groups excluding carboxylic acids is 2. The van der Waals surface area contributed by atoms with E-state index in [4.69, 9.17) is 14.5 Å². The normalized spacial score (nSPS) is 21.1. The maximum atomic E-state index is 15.5. The summed E-state index contributed by atoms with van der Waals surface area (Å²) in [5.74, 6) is -1.25. The van der Waals surface area contributed by atoms with Gasteiger partial charge in [0.25, 0.3) is 5.91 Å². The first-order valence-electron chi connectivity index (χ1n) is 11.3. The second-order valence-electron chi connectivity index (χ2n) is 8.25. The number of nitrogens with one attached hydrogen (secondary N) is 1. The van der Waals surface area contributed by atoms with Gasteiger partial charge in [0.1, 0.15) is 11.9 Å². The van der Waals surface area contributed by atoms with Crippen molar-refractivity contribution < 1.29 is 37.6 Å². The summed E-state index contributed by atoms with van der Waals surface area (Å²) < 4.78 is 37.8. The minimum Gasteiger partial charge on any atom is -0.454 e.